The van der Waals surface area contributed by atoms with Gasteiger partial charge in [-0.15, -0.1) is 0 Å². The molecule has 0 amide bonds. The van der Waals surface area contributed by atoms with Crippen LogP contribution in [0.3, 0.4) is 0 Å². The Kier molecular flexibility index (Phi) is 9.03. The molecule has 1 N–H and O–H groups in total. The molecule has 0 saturated heterocycles. The van der Waals surface area contributed by atoms with Crippen LogP contribution < -0.4 is 23.8 Å². The van der Waals surface area contributed by atoms with Crippen molar-refractivity contribution in [3.05, 3.63) is 50.3 Å². The van der Waals surface area contributed by atoms with Gasteiger partial charge in [0.05, 0.1) is 20.8 Å². The van der Waals surface area contributed by atoms with Gasteiger partial charge in [0.25, 0.3) is 0 Å². The predicted molar refractivity (Wildman–Crippen MR) is 149 cm³/mol. The maximum Gasteiger partial charge on any atom is 0.213 e. The van der Waals surface area contributed by atoms with E-state index in [1.165, 1.54) is 0 Å². The summed E-state index contributed by atoms with van der Waals surface area (Å²) < 4.78 is 23.7. The van der Waals surface area contributed by atoms with E-state index in [9.17, 15) is 10.1 Å². The van der Waals surface area contributed by atoms with E-state index in [1.807, 2.05) is 48.5 Å². The zero-order valence-electron chi connectivity index (χ0n) is 24.7. The number of ketones is 1. The number of carbonyl (C=O) groups excluding carboxylic acids is 1. The minimum absolute atomic E-state index is 0.0227. The molecule has 0 aliphatic carbocycles. The number of ether oxygens (including phenoxy) is 4. The first kappa shape index (κ1) is 29.4. The van der Waals surface area contributed by atoms with Gasteiger partial charge in [-0.1, -0.05) is 20.8 Å². The fourth-order valence-electron chi connectivity index (χ4n) is 5.66. The normalized spacial score (nSPS) is 15.5. The highest BCUT2D eigenvalue weighted by Gasteiger charge is 2.35. The second-order valence-electron chi connectivity index (χ2n) is 10.3. The quantitative estimate of drug-likeness (QED) is 0.194. The average Bonchev–Trinajstić information content (AvgIpc) is 2.88. The number of rotatable bonds is 10. The van der Waals surface area contributed by atoms with Crippen LogP contribution in [-0.4, -0.2) is 31.9 Å². The molecular formula is C31H42O7. The van der Waals surface area contributed by atoms with Crippen molar-refractivity contribution >= 4 is 5.78 Å². The van der Waals surface area contributed by atoms with Crippen LogP contribution in [0.1, 0.15) is 90.2 Å². The van der Waals surface area contributed by atoms with Crippen LogP contribution in [0, 0.1) is 40.5 Å². The van der Waals surface area contributed by atoms with Gasteiger partial charge < -0.3 is 23.8 Å². The van der Waals surface area contributed by atoms with Crippen LogP contribution in [0.25, 0.3) is 0 Å². The number of hydrogen-bond donors (Lipinski definition) is 1. The maximum atomic E-state index is 13.7. The largest absolute Gasteiger partial charge is 0.493 e. The molecule has 2 unspecified atom stereocenters. The molecule has 7 nitrogen and oxygen atoms in total. The van der Waals surface area contributed by atoms with E-state index >= 15 is 0 Å². The molecule has 0 aromatic heterocycles. The van der Waals surface area contributed by atoms with Crippen LogP contribution >= 0.6 is 0 Å². The number of fused-ring (bicyclic) bond motifs is 1. The Labute approximate surface area is 226 Å². The zero-order valence-corrected chi connectivity index (χ0v) is 24.7. The molecule has 7 heteroatoms. The first-order valence-corrected chi connectivity index (χ1v) is 13.2. The summed E-state index contributed by atoms with van der Waals surface area (Å²) in [7, 11) is 3.20. The van der Waals surface area contributed by atoms with Crippen LogP contribution in [0.4, 0.5) is 0 Å². The van der Waals surface area contributed by atoms with Gasteiger partial charge in [0.15, 0.2) is 23.0 Å². The van der Waals surface area contributed by atoms with Gasteiger partial charge in [0.1, 0.15) is 11.5 Å². The third-order valence-corrected chi connectivity index (χ3v) is 7.93. The minimum Gasteiger partial charge on any atom is -0.493 e. The molecule has 2 aromatic carbocycles. The number of benzene rings is 2. The molecule has 38 heavy (non-hydrogen) atoms. The number of carbonyl (C=O) groups is 1. The zero-order chi connectivity index (χ0) is 28.5. The predicted octanol–water partition coefficient (Wildman–Crippen LogP) is 7.57. The highest BCUT2D eigenvalue weighted by Crippen LogP contribution is 2.52. The van der Waals surface area contributed by atoms with Crippen molar-refractivity contribution in [3.8, 4) is 28.7 Å². The second kappa shape index (κ2) is 11.7. The van der Waals surface area contributed by atoms with Crippen LogP contribution in [0.2, 0.25) is 0 Å². The van der Waals surface area contributed by atoms with Gasteiger partial charge >= 0.3 is 0 Å². The van der Waals surface area contributed by atoms with Gasteiger partial charge in [-0.2, -0.15) is 0 Å². The summed E-state index contributed by atoms with van der Waals surface area (Å²) in [5.74, 6) is 3.33. The molecule has 0 radical (unpaired) electrons. The van der Waals surface area contributed by atoms with Gasteiger partial charge in [0, 0.05) is 46.1 Å². The Morgan fingerprint density at radius 1 is 0.895 bits per heavy atom. The molecule has 0 saturated carbocycles. The summed E-state index contributed by atoms with van der Waals surface area (Å²) in [6, 6.07) is 0. The van der Waals surface area contributed by atoms with Crippen molar-refractivity contribution in [3.63, 3.8) is 0 Å². The highest BCUT2D eigenvalue weighted by molar-refractivity contribution is 6.00. The van der Waals surface area contributed by atoms with Gasteiger partial charge in [-0.05, 0) is 64.7 Å². The molecule has 3 rings (SSSR count). The van der Waals surface area contributed by atoms with Crippen molar-refractivity contribution in [2.75, 3.05) is 20.8 Å². The standard InChI is InChI=1S/C31H42O7/c1-12-13-36-30-21(8)25-17(4)18(5)26(37-27(25)22(9)31(30)38-33)15(2)14-23(32)24-16(3)19(6)28(34-10)29(35-11)20(24)7/h15,17,33H,12-14H2,1-11H3. The SMILES string of the molecule is CCCOc1c(C)c2c(c(C)c1OO)OC(C(C)CC(=O)c1c(C)c(C)c(OC)c(OC)c1C)=C(C)C2C. The number of Topliss-reactive ketones (excluding diaryl/α,β-unsaturated/α-hetero) is 1. The highest BCUT2D eigenvalue weighted by atomic mass is 17.1. The van der Waals surface area contributed by atoms with E-state index in [0.717, 1.165) is 45.6 Å². The van der Waals surface area contributed by atoms with Gasteiger partial charge in [0.2, 0.25) is 5.75 Å². The lowest BCUT2D eigenvalue weighted by Crippen LogP contribution is -2.22. The molecule has 0 fully saturated rings. The fourth-order valence-corrected chi connectivity index (χ4v) is 5.66. The smallest absolute Gasteiger partial charge is 0.213 e. The fraction of sp³-hybridized carbons (Fsp3) is 0.516. The molecule has 2 aromatic rings. The Morgan fingerprint density at radius 2 is 1.50 bits per heavy atom. The third kappa shape index (κ3) is 4.84. The average molecular weight is 527 g/mol. The van der Waals surface area contributed by atoms with Crippen LogP contribution in [0.5, 0.6) is 28.7 Å². The number of methoxy groups -OCH3 is 2. The van der Waals surface area contributed by atoms with Crippen molar-refractivity contribution < 1.29 is 33.9 Å². The lowest BCUT2D eigenvalue weighted by Gasteiger charge is -2.33. The lowest BCUT2D eigenvalue weighted by atomic mass is 9.82. The number of hydrogen-bond acceptors (Lipinski definition) is 7. The molecule has 2 atom stereocenters. The molecule has 208 valence electrons. The van der Waals surface area contributed by atoms with E-state index < -0.39 is 0 Å². The summed E-state index contributed by atoms with van der Waals surface area (Å²) in [5.41, 5.74) is 6.84. The van der Waals surface area contributed by atoms with Crippen molar-refractivity contribution in [2.45, 2.75) is 81.1 Å². The van der Waals surface area contributed by atoms with Crippen LogP contribution in [0.15, 0.2) is 11.3 Å². The molecule has 0 bridgehead atoms. The van der Waals surface area contributed by atoms with E-state index in [4.69, 9.17) is 23.8 Å². The Morgan fingerprint density at radius 3 is 2.05 bits per heavy atom. The monoisotopic (exact) mass is 526 g/mol. The lowest BCUT2D eigenvalue weighted by molar-refractivity contribution is -0.140. The van der Waals surface area contributed by atoms with E-state index in [-0.39, 0.29) is 29.8 Å². The van der Waals surface area contributed by atoms with Crippen LogP contribution in [-0.2, 0) is 0 Å². The molecular weight excluding hydrogens is 484 g/mol. The summed E-state index contributed by atoms with van der Waals surface area (Å²) in [5, 5.41) is 9.71. The second-order valence-corrected chi connectivity index (χ2v) is 10.3. The van der Waals surface area contributed by atoms with Crippen molar-refractivity contribution in [2.24, 2.45) is 5.92 Å². The van der Waals surface area contributed by atoms with E-state index in [1.54, 1.807) is 14.2 Å². The van der Waals surface area contributed by atoms with E-state index in [0.29, 0.717) is 40.7 Å². The van der Waals surface area contributed by atoms with E-state index in [2.05, 4.69) is 13.8 Å². The Bertz CT molecular complexity index is 1270. The molecule has 1 aliphatic rings. The van der Waals surface area contributed by atoms with Gasteiger partial charge in [-0.3, -0.25) is 4.79 Å². The third-order valence-electron chi connectivity index (χ3n) is 7.93. The minimum atomic E-state index is -0.181. The molecule has 0 spiro atoms. The van der Waals surface area contributed by atoms with Crippen molar-refractivity contribution in [1.29, 1.82) is 0 Å². The summed E-state index contributed by atoms with van der Waals surface area (Å²) in [6.07, 6.45) is 1.10. The van der Waals surface area contributed by atoms with Crippen molar-refractivity contribution in [1.82, 2.24) is 0 Å². The topological polar surface area (TPSA) is 83.5 Å². The first-order chi connectivity index (χ1) is 18.0. The summed E-state index contributed by atoms with van der Waals surface area (Å²) in [6.45, 7) is 18.3. The molecule has 1 heterocycles. The summed E-state index contributed by atoms with van der Waals surface area (Å²) >= 11 is 0. The Hall–Kier alpha value is -3.19. The number of allylic oxidation sites excluding steroid dienone is 2. The van der Waals surface area contributed by atoms with Gasteiger partial charge in [-0.25, -0.2) is 5.26 Å². The maximum absolute atomic E-state index is 13.7. The summed E-state index contributed by atoms with van der Waals surface area (Å²) in [4.78, 5) is 18.5. The molecule has 1 aliphatic heterocycles. The first-order valence-electron chi connectivity index (χ1n) is 13.2. The Balaban J connectivity index is 2.02.